The third kappa shape index (κ3) is 2.48. The van der Waals surface area contributed by atoms with Crippen LogP contribution < -0.4 is 10.1 Å². The van der Waals surface area contributed by atoms with Crippen LogP contribution in [-0.4, -0.2) is 43.2 Å². The van der Waals surface area contributed by atoms with Crippen molar-refractivity contribution in [1.82, 2.24) is 9.88 Å². The number of aromatic nitrogens is 1. The fraction of sp³-hybridized carbons (Fsp3) is 0.609. The first kappa shape index (κ1) is 17.3. The number of piperidine rings is 1. The molecule has 1 saturated carbocycles. The van der Waals surface area contributed by atoms with Crippen LogP contribution >= 0.6 is 11.3 Å². The quantitative estimate of drug-likeness (QED) is 0.852. The Balaban J connectivity index is 1.48. The standard InChI is InChI=1S/C23H29N3OS/c1-24-22-25-19-12-23-7-8-26(13-14-3-4-14)20(18(23)11-21(19)28-22)9-15-5-6-16(27-2)10-17(15)23/h5-6,10,14,18,20H,3-4,7-9,11-13H2,1-2H3,(H,24,25)/t18-,20+,23+/m0/s1. The molecule has 1 aliphatic heterocycles. The maximum atomic E-state index is 5.63. The van der Waals surface area contributed by atoms with Crippen LogP contribution in [0.25, 0.3) is 0 Å². The van der Waals surface area contributed by atoms with Crippen molar-refractivity contribution in [3.05, 3.63) is 39.9 Å². The number of rotatable bonds is 4. The molecule has 28 heavy (non-hydrogen) atoms. The second-order valence-corrected chi connectivity index (χ2v) is 10.3. The molecule has 6 rings (SSSR count). The van der Waals surface area contributed by atoms with Crippen molar-refractivity contribution >= 4 is 16.5 Å². The Kier molecular flexibility index (Phi) is 3.83. The third-order valence-corrected chi connectivity index (χ3v) is 8.98. The Bertz CT molecular complexity index is 921. The van der Waals surface area contributed by atoms with Gasteiger partial charge in [-0.25, -0.2) is 4.98 Å². The Morgan fingerprint density at radius 3 is 3.00 bits per heavy atom. The van der Waals surface area contributed by atoms with E-state index in [0.717, 1.165) is 23.2 Å². The van der Waals surface area contributed by atoms with Crippen molar-refractivity contribution in [2.45, 2.75) is 50.0 Å². The molecule has 5 heteroatoms. The van der Waals surface area contributed by atoms with Gasteiger partial charge in [0.15, 0.2) is 5.13 Å². The monoisotopic (exact) mass is 395 g/mol. The van der Waals surface area contributed by atoms with Gasteiger partial charge in [0.25, 0.3) is 0 Å². The van der Waals surface area contributed by atoms with Gasteiger partial charge >= 0.3 is 0 Å². The van der Waals surface area contributed by atoms with E-state index < -0.39 is 0 Å². The molecule has 3 atom stereocenters. The fourth-order valence-electron chi connectivity index (χ4n) is 6.26. The number of nitrogens with zero attached hydrogens (tertiary/aromatic N) is 2. The molecule has 0 unspecified atom stereocenters. The van der Waals surface area contributed by atoms with Crippen molar-refractivity contribution in [2.75, 3.05) is 32.6 Å². The van der Waals surface area contributed by atoms with Gasteiger partial charge in [-0.15, -0.1) is 11.3 Å². The van der Waals surface area contributed by atoms with Crippen molar-refractivity contribution < 1.29 is 4.74 Å². The zero-order valence-corrected chi connectivity index (χ0v) is 17.6. The minimum Gasteiger partial charge on any atom is -0.497 e. The van der Waals surface area contributed by atoms with Gasteiger partial charge in [-0.05, 0) is 73.7 Å². The molecule has 2 fully saturated rings. The highest BCUT2D eigenvalue weighted by atomic mass is 32.1. The molecular formula is C23H29N3OS. The van der Waals surface area contributed by atoms with Gasteiger partial charge in [-0.2, -0.15) is 0 Å². The summed E-state index contributed by atoms with van der Waals surface area (Å²) in [5.41, 5.74) is 4.69. The number of thiazole rings is 1. The molecule has 1 saturated heterocycles. The lowest BCUT2D eigenvalue weighted by atomic mass is 9.53. The summed E-state index contributed by atoms with van der Waals surface area (Å²) in [6.07, 6.45) is 7.63. The van der Waals surface area contributed by atoms with Gasteiger partial charge in [-0.3, -0.25) is 4.90 Å². The van der Waals surface area contributed by atoms with Crippen molar-refractivity contribution in [3.8, 4) is 5.75 Å². The summed E-state index contributed by atoms with van der Waals surface area (Å²) < 4.78 is 5.63. The topological polar surface area (TPSA) is 37.4 Å². The van der Waals surface area contributed by atoms with Gasteiger partial charge in [0.1, 0.15) is 5.75 Å². The summed E-state index contributed by atoms with van der Waals surface area (Å²) in [6, 6.07) is 7.54. The van der Waals surface area contributed by atoms with E-state index in [1.165, 1.54) is 55.8 Å². The van der Waals surface area contributed by atoms with E-state index in [2.05, 4.69) is 28.4 Å². The van der Waals surface area contributed by atoms with Crippen molar-refractivity contribution in [2.24, 2.45) is 11.8 Å². The highest BCUT2D eigenvalue weighted by Crippen LogP contribution is 2.56. The fourth-order valence-corrected chi connectivity index (χ4v) is 7.25. The first-order valence-electron chi connectivity index (χ1n) is 10.8. The average Bonchev–Trinajstić information content (AvgIpc) is 3.45. The number of likely N-dealkylation sites (tertiary alicyclic amines) is 1. The number of nitrogens with one attached hydrogen (secondary N) is 1. The molecule has 3 aliphatic carbocycles. The predicted octanol–water partition coefficient (Wildman–Crippen LogP) is 3.89. The number of fused-ring (bicyclic) bond motifs is 2. The van der Waals surface area contributed by atoms with Gasteiger partial charge in [0, 0.05) is 36.3 Å². The zero-order valence-electron chi connectivity index (χ0n) is 16.8. The van der Waals surface area contributed by atoms with Crippen molar-refractivity contribution in [1.29, 1.82) is 0 Å². The summed E-state index contributed by atoms with van der Waals surface area (Å²) in [7, 11) is 3.78. The molecule has 1 aromatic carbocycles. The molecule has 1 aromatic heterocycles. The number of hydrogen-bond donors (Lipinski definition) is 1. The maximum Gasteiger partial charge on any atom is 0.182 e. The Morgan fingerprint density at radius 2 is 2.21 bits per heavy atom. The SMILES string of the molecule is CNc1nc2c(s1)C[C@H]1[C@H]3Cc4ccc(OC)cc4[C@@]1(CCN3CC1CC1)C2. The van der Waals surface area contributed by atoms with Crippen LogP contribution in [0.5, 0.6) is 5.75 Å². The molecule has 0 amide bonds. The van der Waals surface area contributed by atoms with Crippen LogP contribution in [0.4, 0.5) is 5.13 Å². The lowest BCUT2D eigenvalue weighted by Crippen LogP contribution is -2.62. The Labute approximate surface area is 171 Å². The Morgan fingerprint density at radius 1 is 1.32 bits per heavy atom. The minimum absolute atomic E-state index is 0.235. The average molecular weight is 396 g/mol. The number of anilines is 1. The first-order valence-corrected chi connectivity index (χ1v) is 11.6. The van der Waals surface area contributed by atoms with E-state index in [-0.39, 0.29) is 5.41 Å². The summed E-state index contributed by atoms with van der Waals surface area (Å²) in [6.45, 7) is 2.56. The van der Waals surface area contributed by atoms with Gasteiger partial charge < -0.3 is 10.1 Å². The highest BCUT2D eigenvalue weighted by Gasteiger charge is 2.56. The van der Waals surface area contributed by atoms with E-state index in [1.54, 1.807) is 18.2 Å². The smallest absolute Gasteiger partial charge is 0.182 e. The van der Waals surface area contributed by atoms with E-state index in [1.807, 2.05) is 18.4 Å². The largest absolute Gasteiger partial charge is 0.497 e. The number of methoxy groups -OCH3 is 1. The molecule has 148 valence electrons. The van der Waals surface area contributed by atoms with Crippen LogP contribution in [0.1, 0.15) is 41.0 Å². The molecule has 1 N–H and O–H groups in total. The lowest BCUT2D eigenvalue weighted by molar-refractivity contribution is 0.00544. The van der Waals surface area contributed by atoms with E-state index in [9.17, 15) is 0 Å². The first-order chi connectivity index (χ1) is 13.7. The zero-order chi connectivity index (χ0) is 18.9. The van der Waals surface area contributed by atoms with E-state index in [0.29, 0.717) is 12.0 Å². The molecule has 4 aliphatic rings. The maximum absolute atomic E-state index is 5.63. The molecule has 0 radical (unpaired) electrons. The van der Waals surface area contributed by atoms with Crippen LogP contribution in [0.3, 0.4) is 0 Å². The Hall–Kier alpha value is -1.59. The summed E-state index contributed by atoms with van der Waals surface area (Å²) in [5.74, 6) is 2.67. The van der Waals surface area contributed by atoms with Crippen LogP contribution in [0.15, 0.2) is 18.2 Å². The van der Waals surface area contributed by atoms with E-state index >= 15 is 0 Å². The van der Waals surface area contributed by atoms with E-state index in [4.69, 9.17) is 9.72 Å². The second-order valence-electron chi connectivity index (χ2n) is 9.27. The molecule has 4 nitrogen and oxygen atoms in total. The summed E-state index contributed by atoms with van der Waals surface area (Å²) >= 11 is 1.88. The second kappa shape index (κ2) is 6.20. The molecule has 2 heterocycles. The minimum atomic E-state index is 0.235. The highest BCUT2D eigenvalue weighted by molar-refractivity contribution is 7.15. The van der Waals surface area contributed by atoms with Gasteiger partial charge in [0.05, 0.1) is 12.8 Å². The number of benzene rings is 1. The third-order valence-electron chi connectivity index (χ3n) is 7.84. The van der Waals surface area contributed by atoms with Crippen LogP contribution in [0.2, 0.25) is 0 Å². The van der Waals surface area contributed by atoms with Crippen molar-refractivity contribution in [3.63, 3.8) is 0 Å². The molecule has 2 aromatic rings. The van der Waals surface area contributed by atoms with Gasteiger partial charge in [0.2, 0.25) is 0 Å². The molecular weight excluding hydrogens is 366 g/mol. The number of hydrogen-bond acceptors (Lipinski definition) is 5. The van der Waals surface area contributed by atoms with Gasteiger partial charge in [-0.1, -0.05) is 6.07 Å². The number of ether oxygens (including phenoxy) is 1. The van der Waals surface area contributed by atoms with Crippen LogP contribution in [-0.2, 0) is 24.7 Å². The summed E-state index contributed by atoms with van der Waals surface area (Å²) in [5, 5.41) is 4.36. The molecule has 0 spiro atoms. The lowest BCUT2D eigenvalue weighted by Gasteiger charge is -2.58. The predicted molar refractivity (Wildman–Crippen MR) is 114 cm³/mol. The van der Waals surface area contributed by atoms with Crippen LogP contribution in [0, 0.1) is 11.8 Å². The normalized spacial score (nSPS) is 30.9. The molecule has 2 bridgehead atoms. The summed E-state index contributed by atoms with van der Waals surface area (Å²) in [4.78, 5) is 9.34.